The van der Waals surface area contributed by atoms with Crippen LogP contribution in [0.2, 0.25) is 0 Å². The summed E-state index contributed by atoms with van der Waals surface area (Å²) in [6.07, 6.45) is 5.48. The zero-order chi connectivity index (χ0) is 20.2. The van der Waals surface area contributed by atoms with Gasteiger partial charge in [-0.2, -0.15) is 0 Å². The zero-order valence-corrected chi connectivity index (χ0v) is 17.3. The lowest BCUT2D eigenvalue weighted by molar-refractivity contribution is -0.113. The molecule has 1 aliphatic rings. The topological polar surface area (TPSA) is 112 Å². The lowest BCUT2D eigenvalue weighted by Gasteiger charge is -2.11. The second-order valence-electron chi connectivity index (χ2n) is 6.44. The van der Waals surface area contributed by atoms with Gasteiger partial charge in [0.2, 0.25) is 11.1 Å². The van der Waals surface area contributed by atoms with E-state index in [0.717, 1.165) is 41.9 Å². The molecule has 0 atom stereocenters. The van der Waals surface area contributed by atoms with Gasteiger partial charge >= 0.3 is 5.97 Å². The Kier molecular flexibility index (Phi) is 5.95. The Balaban J connectivity index is 1.43. The van der Waals surface area contributed by atoms with Crippen molar-refractivity contribution in [3.8, 4) is 0 Å². The molecule has 0 unspecified atom stereocenters. The summed E-state index contributed by atoms with van der Waals surface area (Å²) in [5.41, 5.74) is 1.51. The van der Waals surface area contributed by atoms with E-state index >= 15 is 0 Å². The summed E-state index contributed by atoms with van der Waals surface area (Å²) in [4.78, 5) is 26.0. The first-order valence-corrected chi connectivity index (χ1v) is 10.9. The van der Waals surface area contributed by atoms with Crippen LogP contribution in [-0.4, -0.2) is 44.9 Å². The molecule has 0 saturated carbocycles. The number of nitrogens with one attached hydrogen (secondary N) is 1. The number of methoxy groups -OCH3 is 1. The smallest absolute Gasteiger partial charge is 0.341 e. The molecule has 1 aliphatic carbocycles. The standard InChI is InChI=1S/C18H19N5O4S2/c1-26-17(25)15-12-6-2-3-7-13(12)29-16(15)19-14(24)10-28-18-20-21-22-23(18)9-11-5-4-8-27-11/h4-5,8H,2-3,6-7,9-10H2,1H3,(H,19,24). The van der Waals surface area contributed by atoms with E-state index in [9.17, 15) is 9.59 Å². The Labute approximate surface area is 174 Å². The molecule has 0 aromatic carbocycles. The largest absolute Gasteiger partial charge is 0.467 e. The molecule has 0 aliphatic heterocycles. The van der Waals surface area contributed by atoms with Gasteiger partial charge in [-0.3, -0.25) is 4.79 Å². The molecule has 29 heavy (non-hydrogen) atoms. The number of thioether (sulfide) groups is 1. The van der Waals surface area contributed by atoms with E-state index in [4.69, 9.17) is 9.15 Å². The van der Waals surface area contributed by atoms with Crippen molar-refractivity contribution in [2.24, 2.45) is 0 Å². The van der Waals surface area contributed by atoms with Crippen LogP contribution >= 0.6 is 23.1 Å². The number of esters is 1. The van der Waals surface area contributed by atoms with E-state index in [-0.39, 0.29) is 11.7 Å². The highest BCUT2D eigenvalue weighted by Gasteiger charge is 2.27. The number of aromatic nitrogens is 4. The molecule has 0 fully saturated rings. The highest BCUT2D eigenvalue weighted by Crippen LogP contribution is 2.38. The maximum absolute atomic E-state index is 12.5. The minimum absolute atomic E-state index is 0.113. The fourth-order valence-corrected chi connectivity index (χ4v) is 5.18. The van der Waals surface area contributed by atoms with Crippen LogP contribution in [-0.2, 0) is 28.9 Å². The van der Waals surface area contributed by atoms with E-state index in [2.05, 4.69) is 20.8 Å². The number of fused-ring (bicyclic) bond motifs is 1. The van der Waals surface area contributed by atoms with Crippen LogP contribution in [0.4, 0.5) is 5.00 Å². The molecule has 3 aromatic heterocycles. The summed E-state index contributed by atoms with van der Waals surface area (Å²) >= 11 is 2.68. The monoisotopic (exact) mass is 433 g/mol. The first kappa shape index (κ1) is 19.6. The molecule has 4 rings (SSSR count). The first-order chi connectivity index (χ1) is 14.2. The van der Waals surface area contributed by atoms with Crippen LogP contribution in [0.25, 0.3) is 0 Å². The van der Waals surface area contributed by atoms with Gasteiger partial charge in [-0.15, -0.1) is 16.4 Å². The van der Waals surface area contributed by atoms with Crippen molar-refractivity contribution in [2.45, 2.75) is 37.4 Å². The van der Waals surface area contributed by atoms with Crippen LogP contribution in [0, 0.1) is 0 Å². The Bertz CT molecular complexity index is 1010. The summed E-state index contributed by atoms with van der Waals surface area (Å²) in [7, 11) is 1.36. The van der Waals surface area contributed by atoms with Crippen molar-refractivity contribution < 1.29 is 18.7 Å². The third kappa shape index (κ3) is 4.35. The second-order valence-corrected chi connectivity index (χ2v) is 8.49. The molecular weight excluding hydrogens is 414 g/mol. The van der Waals surface area contributed by atoms with Gasteiger partial charge < -0.3 is 14.5 Å². The molecule has 152 valence electrons. The SMILES string of the molecule is COC(=O)c1c(NC(=O)CSc2nnnn2Cc2ccco2)sc2c1CCCC2. The summed E-state index contributed by atoms with van der Waals surface area (Å²) in [5.74, 6) is 0.193. The van der Waals surface area contributed by atoms with Crippen LogP contribution < -0.4 is 5.32 Å². The summed E-state index contributed by atoms with van der Waals surface area (Å²) in [5, 5.41) is 15.5. The molecule has 0 spiro atoms. The quantitative estimate of drug-likeness (QED) is 0.447. The van der Waals surface area contributed by atoms with Crippen LogP contribution in [0.1, 0.15) is 39.4 Å². The van der Waals surface area contributed by atoms with Gasteiger partial charge in [0.25, 0.3) is 0 Å². The lowest BCUT2D eigenvalue weighted by atomic mass is 9.95. The average Bonchev–Trinajstić information content (AvgIpc) is 3.46. The molecule has 9 nitrogen and oxygen atoms in total. The van der Waals surface area contributed by atoms with Crippen LogP contribution in [0.5, 0.6) is 0 Å². The van der Waals surface area contributed by atoms with E-state index in [1.165, 1.54) is 30.2 Å². The minimum Gasteiger partial charge on any atom is -0.467 e. The van der Waals surface area contributed by atoms with Crippen LogP contribution in [0.15, 0.2) is 28.0 Å². The maximum Gasteiger partial charge on any atom is 0.341 e. The van der Waals surface area contributed by atoms with Gasteiger partial charge in [-0.25, -0.2) is 9.48 Å². The van der Waals surface area contributed by atoms with Gasteiger partial charge in [0.1, 0.15) is 17.3 Å². The van der Waals surface area contributed by atoms with Gasteiger partial charge in [0.15, 0.2) is 0 Å². The number of thiophene rings is 1. The number of anilines is 1. The number of aryl methyl sites for hydroxylation is 1. The molecule has 1 amide bonds. The number of amides is 1. The van der Waals surface area contributed by atoms with Crippen molar-refractivity contribution in [2.75, 3.05) is 18.2 Å². The molecular formula is C18H19N5O4S2. The number of rotatable bonds is 7. The predicted molar refractivity (Wildman–Crippen MR) is 107 cm³/mol. The van der Waals surface area contributed by atoms with Crippen LogP contribution in [0.3, 0.4) is 0 Å². The number of nitrogens with zero attached hydrogens (tertiary/aromatic N) is 4. The van der Waals surface area contributed by atoms with Crippen molar-refractivity contribution in [3.05, 3.63) is 40.2 Å². The highest BCUT2D eigenvalue weighted by molar-refractivity contribution is 7.99. The highest BCUT2D eigenvalue weighted by atomic mass is 32.2. The molecule has 1 N–H and O–H groups in total. The van der Waals surface area contributed by atoms with Gasteiger partial charge in [-0.1, -0.05) is 11.8 Å². The number of carbonyl (C=O) groups is 2. The number of tetrazole rings is 1. The maximum atomic E-state index is 12.5. The number of ether oxygens (including phenoxy) is 1. The lowest BCUT2D eigenvalue weighted by Crippen LogP contribution is -2.17. The van der Waals surface area contributed by atoms with Crippen molar-refractivity contribution in [1.82, 2.24) is 20.2 Å². The third-order valence-electron chi connectivity index (χ3n) is 4.53. The summed E-state index contributed by atoms with van der Waals surface area (Å²) < 4.78 is 11.8. The van der Waals surface area contributed by atoms with Gasteiger partial charge in [0, 0.05) is 4.88 Å². The Hall–Kier alpha value is -2.66. The summed E-state index contributed by atoms with van der Waals surface area (Å²) in [6.45, 7) is 0.383. The van der Waals surface area contributed by atoms with Gasteiger partial charge in [-0.05, 0) is 53.8 Å². The second kappa shape index (κ2) is 8.78. The van der Waals surface area contributed by atoms with E-state index < -0.39 is 5.97 Å². The average molecular weight is 434 g/mol. The number of carbonyl (C=O) groups excluding carboxylic acids is 2. The molecule has 0 bridgehead atoms. The van der Waals surface area contributed by atoms with E-state index in [1.54, 1.807) is 17.0 Å². The summed E-state index contributed by atoms with van der Waals surface area (Å²) in [6, 6.07) is 3.62. The molecule has 3 aromatic rings. The van der Waals surface area contributed by atoms with Crippen molar-refractivity contribution in [1.29, 1.82) is 0 Å². The van der Waals surface area contributed by atoms with E-state index in [1.807, 2.05) is 6.07 Å². The number of hydrogen-bond donors (Lipinski definition) is 1. The van der Waals surface area contributed by atoms with Crippen molar-refractivity contribution in [3.63, 3.8) is 0 Å². The third-order valence-corrected chi connectivity index (χ3v) is 6.70. The zero-order valence-electron chi connectivity index (χ0n) is 15.7. The Morgan fingerprint density at radius 1 is 1.38 bits per heavy atom. The first-order valence-electron chi connectivity index (χ1n) is 9.09. The van der Waals surface area contributed by atoms with Gasteiger partial charge in [0.05, 0.1) is 24.7 Å². The number of hydrogen-bond acceptors (Lipinski definition) is 9. The fourth-order valence-electron chi connectivity index (χ4n) is 3.21. The minimum atomic E-state index is -0.408. The van der Waals surface area contributed by atoms with Crippen molar-refractivity contribution >= 4 is 40.0 Å². The Morgan fingerprint density at radius 3 is 3.03 bits per heavy atom. The molecule has 0 saturated heterocycles. The fraction of sp³-hybridized carbons (Fsp3) is 0.389. The normalized spacial score (nSPS) is 13.1. The number of furan rings is 1. The molecule has 11 heteroatoms. The predicted octanol–water partition coefficient (Wildman–Crippen LogP) is 2.77. The molecule has 0 radical (unpaired) electrons. The Morgan fingerprint density at radius 2 is 2.24 bits per heavy atom. The van der Waals surface area contributed by atoms with E-state index in [0.29, 0.717) is 22.3 Å². The molecule has 3 heterocycles.